The predicted molar refractivity (Wildman–Crippen MR) is 496 cm³/mol. The van der Waals surface area contributed by atoms with Crippen molar-refractivity contribution in [1.29, 1.82) is 0 Å². The predicted octanol–water partition coefficient (Wildman–Crippen LogP) is 11.9. The highest BCUT2D eigenvalue weighted by molar-refractivity contribution is 6.16. The summed E-state index contributed by atoms with van der Waals surface area (Å²) >= 11 is 0. The van der Waals surface area contributed by atoms with Crippen LogP contribution in [-0.4, -0.2) is 167 Å². The number of imide groups is 2. The van der Waals surface area contributed by atoms with E-state index in [1.54, 1.807) is 0 Å². The van der Waals surface area contributed by atoms with Crippen LogP contribution in [-0.2, 0) is 137 Å². The molecule has 0 spiro atoms. The minimum absolute atomic E-state index is 0.0826. The number of carbonyl (C=O) groups is 9. The number of hydrogen-bond donors (Lipinski definition) is 2. The molecule has 1 saturated heterocycles. The molecule has 3 heterocycles. The Morgan fingerprint density at radius 1 is 0.402 bits per heavy atom. The zero-order chi connectivity index (χ0) is 95.1. The number of rotatable bonds is 38. The maximum Gasteiger partial charge on any atom is 0.336 e. The molecule has 0 atom stereocenters. The van der Waals surface area contributed by atoms with Crippen molar-refractivity contribution in [2.75, 3.05) is 99.6 Å². The highest BCUT2D eigenvalue weighted by atomic mass is 16.6. The summed E-state index contributed by atoms with van der Waals surface area (Å²) in [4.78, 5) is 170. The number of carbonyl (C=O) groups excluding carboxylic acids is 9. The van der Waals surface area contributed by atoms with Gasteiger partial charge in [-0.05, 0) is 132 Å². The summed E-state index contributed by atoms with van der Waals surface area (Å²) in [6.07, 6.45) is 2.49. The van der Waals surface area contributed by atoms with E-state index in [0.717, 1.165) is 79.1 Å². The van der Waals surface area contributed by atoms with Gasteiger partial charge in [-0.2, -0.15) is 0 Å². The maximum atomic E-state index is 14.3. The summed E-state index contributed by atoms with van der Waals surface area (Å²) in [5.74, 6) is -7.31. The van der Waals surface area contributed by atoms with Gasteiger partial charge in [0.1, 0.15) is 62.0 Å². The zero-order valence-electron chi connectivity index (χ0n) is 75.5. The second-order valence-electron chi connectivity index (χ2n) is 32.9. The van der Waals surface area contributed by atoms with E-state index in [4.69, 9.17) is 37.9 Å². The molecule has 8 aromatic carbocycles. The topological polar surface area (TPSA) is 353 Å². The van der Waals surface area contributed by atoms with Gasteiger partial charge in [0.05, 0.1) is 65.4 Å². The van der Waals surface area contributed by atoms with Crippen LogP contribution >= 0.6 is 0 Å². The van der Waals surface area contributed by atoms with Gasteiger partial charge in [0.25, 0.3) is 0 Å². The quantitative estimate of drug-likeness (QED) is 0.0157. The first-order chi connectivity index (χ1) is 63.2. The van der Waals surface area contributed by atoms with Gasteiger partial charge in [-0.25, -0.2) is 52.1 Å². The smallest absolute Gasteiger partial charge is 0.336 e. The van der Waals surface area contributed by atoms with Crippen LogP contribution in [0.3, 0.4) is 0 Å². The Balaban J connectivity index is 1.02. The largest absolute Gasteiger partial charge is 0.507 e. The lowest BCUT2D eigenvalue weighted by molar-refractivity contribution is -0.155. The molecule has 2 N–H and O–H groups in total. The lowest BCUT2D eigenvalue weighted by atomic mass is 9.75. The lowest BCUT2D eigenvalue weighted by Gasteiger charge is -2.36. The maximum absolute atomic E-state index is 14.3. The summed E-state index contributed by atoms with van der Waals surface area (Å²) in [6.45, 7) is 21.0. The second kappa shape index (κ2) is 44.8. The molecule has 1 fully saturated rings. The molecule has 692 valence electrons. The number of urea groups is 1. The number of aromatic nitrogens is 3. The van der Waals surface area contributed by atoms with E-state index < -0.39 is 160 Å². The van der Waals surface area contributed by atoms with Crippen molar-refractivity contribution in [1.82, 2.24) is 23.5 Å². The average Bonchev–Trinajstić information content (AvgIpc) is 0.755. The number of amides is 4. The van der Waals surface area contributed by atoms with Crippen molar-refractivity contribution < 1.29 is 91.3 Å². The molecule has 31 heteroatoms. The van der Waals surface area contributed by atoms with Crippen LogP contribution in [0.2, 0.25) is 0 Å². The summed E-state index contributed by atoms with van der Waals surface area (Å²) < 4.78 is 47.7. The van der Waals surface area contributed by atoms with Crippen molar-refractivity contribution in [2.24, 2.45) is 5.92 Å². The van der Waals surface area contributed by atoms with Gasteiger partial charge >= 0.3 is 58.9 Å². The van der Waals surface area contributed by atoms with Gasteiger partial charge in [-0.1, -0.05) is 139 Å². The standard InChI is InChI=1S/C101H111N9O22/c1-13-84(111)126-48-40-106-94(119)83(95(120)107(96(106)121)41-49-127-85(112)14-2)37-45-125-88(115)39-47-132-93-72(62-103(12)80-31-23-18-24-32-80)58-78-60-74(93)66-105(82-35-27-20-28-36-82)65-73-59-76(54-68(6)92(73)131-46-38-89(116)130-52-44-110-98(123)108(42-50-128-86(113)15-3)97(122)109(99(110)124)43-51-129-87(114)16-4)100(7,8)75-53-67(5)90(117)70(56-75)63-104(81-33-25-19-26-34-81)64-71-57-77(101(78,9)10)55-69(91(71)118)61-102(11)79-29-21-17-22-30-79/h13-36,53-60,83,117-118H,1-4,37-52,61-66H2,5-12H3. The molecule has 31 nitrogen and oxygen atoms in total. The SMILES string of the molecule is C=CC(=O)OCCN1C(=O)C(CCOC(=O)CCOc2c(CN(C)c3ccccc3)cc3cc2CN(c2ccccc2)Cc2cc(cc(C)c2OCCC(=O)OCCn2c(=O)n(CCOC(=O)C=C)c(=O)n(CCOC(=O)C=C)c2=O)C(C)(C)c2cc(C)c(O)c(c2)CN(c2ccccc2)Cc2cc(cc(CN(C)c4ccccc4)c2O)C3(C)C)C(=O)N(CCOC(=O)C=C)C1=O. The van der Waals surface area contributed by atoms with Gasteiger partial charge in [0.15, 0.2) is 0 Å². The van der Waals surface area contributed by atoms with Crippen LogP contribution in [0.4, 0.5) is 27.5 Å². The number of barbiturate groups is 1. The number of benzene rings is 8. The van der Waals surface area contributed by atoms with E-state index in [2.05, 4.69) is 97.9 Å². The fourth-order valence-corrected chi connectivity index (χ4v) is 15.8. The molecular weight excluding hydrogens is 1690 g/mol. The molecule has 2 aliphatic heterocycles. The first-order valence-electron chi connectivity index (χ1n) is 43.2. The summed E-state index contributed by atoms with van der Waals surface area (Å²) in [5, 5.41) is 25.5. The monoisotopic (exact) mass is 1800 g/mol. The molecule has 132 heavy (non-hydrogen) atoms. The van der Waals surface area contributed by atoms with E-state index in [9.17, 15) is 67.7 Å². The van der Waals surface area contributed by atoms with Gasteiger partial charge in [-0.15, -0.1) is 0 Å². The van der Waals surface area contributed by atoms with Gasteiger partial charge in [-0.3, -0.25) is 29.0 Å². The van der Waals surface area contributed by atoms with Crippen LogP contribution < -0.4 is 46.1 Å². The van der Waals surface area contributed by atoms with Crippen molar-refractivity contribution >= 4 is 76.4 Å². The average molecular weight is 1800 g/mol. The van der Waals surface area contributed by atoms with E-state index in [-0.39, 0.29) is 83.2 Å². The third kappa shape index (κ3) is 24.1. The van der Waals surface area contributed by atoms with Gasteiger partial charge < -0.3 is 67.7 Å². The van der Waals surface area contributed by atoms with Crippen molar-refractivity contribution in [3.05, 3.63) is 319 Å². The Morgan fingerprint density at radius 2 is 0.735 bits per heavy atom. The minimum Gasteiger partial charge on any atom is -0.507 e. The molecule has 0 radical (unpaired) electrons. The summed E-state index contributed by atoms with van der Waals surface area (Å²) in [5.41, 5.74) is 6.71. The zero-order valence-corrected chi connectivity index (χ0v) is 75.5. The molecule has 1 aromatic heterocycles. The number of esters is 6. The third-order valence-electron chi connectivity index (χ3n) is 23.3. The first kappa shape index (κ1) is 97.6. The van der Waals surface area contributed by atoms with Crippen LogP contribution in [0.25, 0.3) is 0 Å². The number of para-hydroxylation sites is 4. The van der Waals surface area contributed by atoms with E-state index in [0.29, 0.717) is 69.7 Å². The van der Waals surface area contributed by atoms with Crippen molar-refractivity contribution in [2.45, 2.75) is 131 Å². The number of phenols is 2. The van der Waals surface area contributed by atoms with Crippen molar-refractivity contribution in [3.8, 4) is 23.0 Å². The fourth-order valence-electron chi connectivity index (χ4n) is 15.8. The molecule has 8 bridgehead atoms. The number of ether oxygens (including phenoxy) is 8. The summed E-state index contributed by atoms with van der Waals surface area (Å²) in [6, 6.07) is 54.4. The summed E-state index contributed by atoms with van der Waals surface area (Å²) in [7, 11) is 3.93. The first-order valence-corrected chi connectivity index (χ1v) is 43.2. The van der Waals surface area contributed by atoms with Crippen molar-refractivity contribution in [3.63, 3.8) is 0 Å². The molecule has 4 amide bonds. The van der Waals surface area contributed by atoms with Gasteiger partial charge in [0.2, 0.25) is 11.8 Å². The Morgan fingerprint density at radius 3 is 1.16 bits per heavy atom. The van der Waals surface area contributed by atoms with Gasteiger partial charge in [0, 0.05) is 151 Å². The Hall–Kier alpha value is -15.0. The molecule has 0 saturated carbocycles. The number of anilines is 4. The third-order valence-corrected chi connectivity index (χ3v) is 23.3. The van der Waals surface area contributed by atoms with E-state index in [1.165, 1.54) is 0 Å². The number of aryl methyl sites for hydroxylation is 2. The second-order valence-corrected chi connectivity index (χ2v) is 32.9. The number of hydrogen-bond acceptors (Lipinski definition) is 26. The van der Waals surface area contributed by atoms with Crippen LogP contribution in [0.5, 0.6) is 23.0 Å². The molecular formula is C101H111N9O22. The fraction of sp³-hybridized carbons (Fsp3) is 0.327. The van der Waals surface area contributed by atoms with Crippen LogP contribution in [0, 0.1) is 19.8 Å². The number of nitrogens with zero attached hydrogens (tertiary/aromatic N) is 9. The number of fused-ring (bicyclic) bond motifs is 8. The normalized spacial score (nSPS) is 13.7. The molecule has 2 aliphatic rings. The lowest BCUT2D eigenvalue weighted by Crippen LogP contribution is -2.61. The number of phenolic OH excluding ortho intramolecular Hbond substituents is 2. The van der Waals surface area contributed by atoms with E-state index in [1.807, 2.05) is 174 Å². The molecule has 0 aliphatic carbocycles. The Bertz CT molecular complexity index is 5860. The van der Waals surface area contributed by atoms with Crippen LogP contribution in [0.15, 0.2) is 235 Å². The highest BCUT2D eigenvalue weighted by Crippen LogP contribution is 2.45. The minimum atomic E-state index is -1.56. The number of aromatic hydroxyl groups is 2. The van der Waals surface area contributed by atoms with E-state index >= 15 is 0 Å². The molecule has 9 aromatic rings. The van der Waals surface area contributed by atoms with Crippen LogP contribution in [0.1, 0.15) is 114 Å². The molecule has 11 rings (SSSR count). The highest BCUT2D eigenvalue weighted by Gasteiger charge is 2.46. The Labute approximate surface area is 765 Å². The molecule has 0 unspecified atom stereocenters. The Kier molecular flexibility index (Phi) is 33.1.